The van der Waals surface area contributed by atoms with Crippen LogP contribution in [-0.4, -0.2) is 15.6 Å². The largest absolute Gasteiger partial charge is 0.494 e. The normalized spacial score (nSPS) is 8.90. The van der Waals surface area contributed by atoms with E-state index >= 15 is 0 Å². The Bertz CT molecular complexity index is 114. The third-order valence-electron chi connectivity index (χ3n) is 1.16. The first-order valence-electron chi connectivity index (χ1n) is 3.44. The summed E-state index contributed by atoms with van der Waals surface area (Å²) in [5, 5.41) is 0. The fraction of sp³-hybridized carbons (Fsp3) is 0.833. The maximum Gasteiger partial charge on any atom is 0.494 e. The zero-order chi connectivity index (χ0) is 7.82. The molecule has 0 radical (unpaired) electrons. The molecule has 10 heavy (non-hydrogen) atoms. The van der Waals surface area contributed by atoms with E-state index in [9.17, 15) is 9.26 Å². The minimum absolute atomic E-state index is 0.335. The minimum atomic E-state index is -1.36. The second-order valence-electron chi connectivity index (χ2n) is 2.04. The third-order valence-corrected chi connectivity index (χ3v) is 1.52. The van der Waals surface area contributed by atoms with E-state index in [-0.39, 0.29) is 5.97 Å². The molecule has 0 fully saturated rings. The summed E-state index contributed by atoms with van der Waals surface area (Å²) in [7, 11) is -1.36. The molecule has 0 aliphatic carbocycles. The standard InChI is InChI=1S/C6H12O3Si/c1-2-3-4-5-6(7)9-10-8/h10H,2-5H2,1H3. The van der Waals surface area contributed by atoms with Crippen LogP contribution in [0.5, 0.6) is 0 Å². The molecule has 0 bridgehead atoms. The number of carbonyl (C=O) groups is 1. The van der Waals surface area contributed by atoms with E-state index in [0.717, 1.165) is 19.3 Å². The molecule has 0 atom stereocenters. The van der Waals surface area contributed by atoms with Crippen LogP contribution in [0.3, 0.4) is 0 Å². The lowest BCUT2D eigenvalue weighted by molar-refractivity contribution is -0.134. The van der Waals surface area contributed by atoms with Crippen molar-refractivity contribution in [3.05, 3.63) is 0 Å². The second kappa shape index (κ2) is 6.60. The van der Waals surface area contributed by atoms with Crippen LogP contribution >= 0.6 is 0 Å². The summed E-state index contributed by atoms with van der Waals surface area (Å²) >= 11 is 0. The summed E-state index contributed by atoms with van der Waals surface area (Å²) in [4.78, 5) is 10.5. The maximum absolute atomic E-state index is 10.5. The van der Waals surface area contributed by atoms with Gasteiger partial charge in [-0.2, -0.15) is 0 Å². The Kier molecular flexibility index (Phi) is 6.27. The zero-order valence-electron chi connectivity index (χ0n) is 6.13. The highest BCUT2D eigenvalue weighted by atomic mass is 28.2. The summed E-state index contributed by atoms with van der Waals surface area (Å²) in [6.07, 6.45) is 3.36. The SMILES string of the molecule is CCCCCC(=O)O[SiH]=O. The van der Waals surface area contributed by atoms with E-state index in [1.54, 1.807) is 0 Å². The molecule has 0 amide bonds. The number of carbonyl (C=O) groups excluding carboxylic acids is 1. The fourth-order valence-corrected chi connectivity index (χ4v) is 0.857. The molecule has 0 unspecified atom stereocenters. The molecule has 0 aromatic rings. The molecule has 3 nitrogen and oxygen atoms in total. The fourth-order valence-electron chi connectivity index (χ4n) is 0.632. The van der Waals surface area contributed by atoms with Crippen molar-refractivity contribution in [3.8, 4) is 0 Å². The van der Waals surface area contributed by atoms with E-state index in [2.05, 4.69) is 11.3 Å². The van der Waals surface area contributed by atoms with Crippen molar-refractivity contribution >= 4 is 15.6 Å². The number of unbranched alkanes of at least 4 members (excludes halogenated alkanes) is 2. The summed E-state index contributed by atoms with van der Waals surface area (Å²) in [6, 6.07) is 0. The highest BCUT2D eigenvalue weighted by Crippen LogP contribution is 1.99. The quantitative estimate of drug-likeness (QED) is 0.441. The number of hydrogen-bond acceptors (Lipinski definition) is 3. The van der Waals surface area contributed by atoms with E-state index < -0.39 is 9.65 Å². The van der Waals surface area contributed by atoms with Gasteiger partial charge >= 0.3 is 9.65 Å². The van der Waals surface area contributed by atoms with Crippen molar-refractivity contribution in [2.45, 2.75) is 32.6 Å². The summed E-state index contributed by atoms with van der Waals surface area (Å²) in [5.41, 5.74) is 0. The van der Waals surface area contributed by atoms with Gasteiger partial charge in [0, 0.05) is 6.42 Å². The zero-order valence-corrected chi connectivity index (χ0v) is 7.29. The molecule has 4 heteroatoms. The first-order chi connectivity index (χ1) is 4.81. The third kappa shape index (κ3) is 5.62. The molecule has 0 aromatic carbocycles. The van der Waals surface area contributed by atoms with Gasteiger partial charge in [-0.25, -0.2) is 0 Å². The Labute approximate surface area is 62.8 Å². The van der Waals surface area contributed by atoms with Crippen LogP contribution in [0.2, 0.25) is 0 Å². The van der Waals surface area contributed by atoms with E-state index in [1.807, 2.05) is 0 Å². The van der Waals surface area contributed by atoms with E-state index in [1.165, 1.54) is 0 Å². The Balaban J connectivity index is 3.13. The van der Waals surface area contributed by atoms with Gasteiger partial charge in [0.05, 0.1) is 0 Å². The Hall–Kier alpha value is -0.513. The number of rotatable bonds is 5. The van der Waals surface area contributed by atoms with Crippen LogP contribution in [0.4, 0.5) is 0 Å². The predicted octanol–water partition coefficient (Wildman–Crippen LogP) is 0.807. The maximum atomic E-state index is 10.5. The van der Waals surface area contributed by atoms with Crippen molar-refractivity contribution < 1.29 is 13.7 Å². The molecule has 0 heterocycles. The van der Waals surface area contributed by atoms with E-state index in [0.29, 0.717) is 6.42 Å². The molecule has 58 valence electrons. The first kappa shape index (κ1) is 9.49. The van der Waals surface area contributed by atoms with Gasteiger partial charge in [0.15, 0.2) is 0 Å². The lowest BCUT2D eigenvalue weighted by atomic mass is 10.2. The Morgan fingerprint density at radius 3 is 2.70 bits per heavy atom. The van der Waals surface area contributed by atoms with Crippen LogP contribution in [0.1, 0.15) is 32.6 Å². The van der Waals surface area contributed by atoms with E-state index in [4.69, 9.17) is 0 Å². The van der Waals surface area contributed by atoms with Crippen LogP contribution in [-0.2, 0) is 13.7 Å². The first-order valence-corrected chi connectivity index (χ1v) is 4.38. The lowest BCUT2D eigenvalue weighted by Gasteiger charge is -1.95. The number of hydrogen-bond donors (Lipinski definition) is 0. The molecule has 0 saturated carbocycles. The summed E-state index contributed by atoms with van der Waals surface area (Å²) in [6.45, 7) is 2.06. The molecular weight excluding hydrogens is 148 g/mol. The molecular formula is C6H12O3Si. The summed E-state index contributed by atoms with van der Waals surface area (Å²) < 4.78 is 14.1. The average molecular weight is 160 g/mol. The topological polar surface area (TPSA) is 43.4 Å². The Morgan fingerprint density at radius 2 is 2.20 bits per heavy atom. The van der Waals surface area contributed by atoms with Crippen molar-refractivity contribution in [3.63, 3.8) is 0 Å². The van der Waals surface area contributed by atoms with Crippen molar-refractivity contribution in [2.24, 2.45) is 0 Å². The molecule has 0 saturated heterocycles. The monoisotopic (exact) mass is 160 g/mol. The molecule has 0 aliphatic rings. The molecule has 0 aliphatic heterocycles. The van der Waals surface area contributed by atoms with Gasteiger partial charge < -0.3 is 8.89 Å². The lowest BCUT2D eigenvalue weighted by Crippen LogP contribution is -2.02. The van der Waals surface area contributed by atoms with Crippen LogP contribution in [0.15, 0.2) is 0 Å². The van der Waals surface area contributed by atoms with Gasteiger partial charge in [0.2, 0.25) is 0 Å². The smallest absolute Gasteiger partial charge is 0.461 e. The van der Waals surface area contributed by atoms with Crippen molar-refractivity contribution in [2.75, 3.05) is 0 Å². The highest BCUT2D eigenvalue weighted by molar-refractivity contribution is 6.12. The van der Waals surface area contributed by atoms with Gasteiger partial charge in [-0.05, 0) is 6.42 Å². The predicted molar refractivity (Wildman–Crippen MR) is 38.1 cm³/mol. The average Bonchev–Trinajstić information content (AvgIpc) is 1.89. The molecule has 0 aromatic heterocycles. The van der Waals surface area contributed by atoms with Crippen molar-refractivity contribution in [1.82, 2.24) is 0 Å². The van der Waals surface area contributed by atoms with Crippen LogP contribution in [0, 0.1) is 0 Å². The molecule has 0 rings (SSSR count). The van der Waals surface area contributed by atoms with Gasteiger partial charge in [-0.3, -0.25) is 4.79 Å². The Morgan fingerprint density at radius 1 is 1.50 bits per heavy atom. The summed E-state index contributed by atoms with van der Waals surface area (Å²) in [5.74, 6) is -0.335. The molecule has 0 N–H and O–H groups in total. The minimum Gasteiger partial charge on any atom is -0.461 e. The molecule has 0 spiro atoms. The second-order valence-corrected chi connectivity index (χ2v) is 2.47. The van der Waals surface area contributed by atoms with Gasteiger partial charge in [0.25, 0.3) is 5.97 Å². The van der Waals surface area contributed by atoms with Crippen LogP contribution < -0.4 is 0 Å². The van der Waals surface area contributed by atoms with Crippen molar-refractivity contribution in [1.29, 1.82) is 0 Å². The van der Waals surface area contributed by atoms with Gasteiger partial charge in [0.1, 0.15) is 0 Å². The van der Waals surface area contributed by atoms with Gasteiger partial charge in [-0.1, -0.05) is 19.8 Å². The van der Waals surface area contributed by atoms with Gasteiger partial charge in [-0.15, -0.1) is 0 Å². The van der Waals surface area contributed by atoms with Crippen LogP contribution in [0.25, 0.3) is 0 Å². The highest BCUT2D eigenvalue weighted by Gasteiger charge is 1.99.